The highest BCUT2D eigenvalue weighted by molar-refractivity contribution is 5.80. The zero-order chi connectivity index (χ0) is 17.1. The highest BCUT2D eigenvalue weighted by atomic mass is 16.6. The van der Waals surface area contributed by atoms with E-state index >= 15 is 0 Å². The van der Waals surface area contributed by atoms with E-state index in [1.54, 1.807) is 0 Å². The average Bonchev–Trinajstić information content (AvgIpc) is 2.93. The summed E-state index contributed by atoms with van der Waals surface area (Å²) in [6.45, 7) is 0.103. The minimum Gasteiger partial charge on any atom is -0.468 e. The Bertz CT molecular complexity index is 726. The zero-order valence-electron chi connectivity index (χ0n) is 13.7. The number of fused-ring (bicyclic) bond motifs is 3. The van der Waals surface area contributed by atoms with E-state index in [1.165, 1.54) is 30.2 Å². The summed E-state index contributed by atoms with van der Waals surface area (Å²) in [4.78, 5) is 24.5. The van der Waals surface area contributed by atoms with Gasteiger partial charge in [-0.15, -0.1) is 0 Å². The van der Waals surface area contributed by atoms with Crippen LogP contribution in [0.3, 0.4) is 0 Å². The molecule has 0 saturated heterocycles. The van der Waals surface area contributed by atoms with Gasteiger partial charge in [0.2, 0.25) is 0 Å². The SMILES string of the molecule is COC(=O)CN(C)C(=O)OCC1c2ccccc2-c2ccccc21. The molecular weight excluding hydrogens is 306 g/mol. The van der Waals surface area contributed by atoms with E-state index < -0.39 is 12.1 Å². The molecule has 0 fully saturated rings. The molecule has 1 aliphatic rings. The molecule has 3 rings (SSSR count). The highest BCUT2D eigenvalue weighted by Gasteiger charge is 2.29. The number of carbonyl (C=O) groups excluding carboxylic acids is 2. The summed E-state index contributed by atoms with van der Waals surface area (Å²) < 4.78 is 9.98. The van der Waals surface area contributed by atoms with Crippen LogP contribution in [0.25, 0.3) is 11.1 Å². The molecule has 0 heterocycles. The monoisotopic (exact) mass is 325 g/mol. The fourth-order valence-electron chi connectivity index (χ4n) is 3.03. The van der Waals surface area contributed by atoms with Gasteiger partial charge < -0.3 is 14.4 Å². The van der Waals surface area contributed by atoms with Gasteiger partial charge in [-0.05, 0) is 22.3 Å². The zero-order valence-corrected chi connectivity index (χ0v) is 13.7. The van der Waals surface area contributed by atoms with Crippen molar-refractivity contribution < 1.29 is 19.1 Å². The molecule has 1 aliphatic carbocycles. The first-order chi connectivity index (χ1) is 11.6. The lowest BCUT2D eigenvalue weighted by molar-refractivity contribution is -0.141. The summed E-state index contributed by atoms with van der Waals surface area (Å²) in [7, 11) is 2.80. The van der Waals surface area contributed by atoms with Crippen LogP contribution in [0.2, 0.25) is 0 Å². The molecular formula is C19H19NO4. The Kier molecular flexibility index (Phi) is 4.51. The number of carbonyl (C=O) groups is 2. The fourth-order valence-corrected chi connectivity index (χ4v) is 3.03. The maximum Gasteiger partial charge on any atom is 0.410 e. The molecule has 0 saturated carbocycles. The van der Waals surface area contributed by atoms with Gasteiger partial charge in [0, 0.05) is 13.0 Å². The first-order valence-electron chi connectivity index (χ1n) is 7.74. The van der Waals surface area contributed by atoms with Crippen LogP contribution < -0.4 is 0 Å². The number of benzene rings is 2. The summed E-state index contributed by atoms with van der Waals surface area (Å²) in [6.07, 6.45) is -0.540. The van der Waals surface area contributed by atoms with Gasteiger partial charge in [-0.2, -0.15) is 0 Å². The van der Waals surface area contributed by atoms with E-state index in [0.29, 0.717) is 0 Å². The third-order valence-corrected chi connectivity index (χ3v) is 4.24. The van der Waals surface area contributed by atoms with Crippen molar-refractivity contribution in [3.8, 4) is 11.1 Å². The largest absolute Gasteiger partial charge is 0.468 e. The van der Waals surface area contributed by atoms with Gasteiger partial charge >= 0.3 is 12.1 Å². The molecule has 0 N–H and O–H groups in total. The van der Waals surface area contributed by atoms with Crippen molar-refractivity contribution >= 4 is 12.1 Å². The Hall–Kier alpha value is -2.82. The van der Waals surface area contributed by atoms with Crippen LogP contribution in [0.5, 0.6) is 0 Å². The molecule has 0 unspecified atom stereocenters. The Labute approximate surface area is 140 Å². The summed E-state index contributed by atoms with van der Waals surface area (Å²) in [5.41, 5.74) is 4.67. The quantitative estimate of drug-likeness (QED) is 0.811. The molecule has 2 aromatic rings. The van der Waals surface area contributed by atoms with Crippen LogP contribution in [-0.4, -0.2) is 44.3 Å². The van der Waals surface area contributed by atoms with Gasteiger partial charge in [-0.25, -0.2) is 4.79 Å². The van der Waals surface area contributed by atoms with Gasteiger partial charge in [0.25, 0.3) is 0 Å². The predicted octanol–water partition coefficient (Wildman–Crippen LogP) is 3.04. The lowest BCUT2D eigenvalue weighted by Crippen LogP contribution is -2.33. The van der Waals surface area contributed by atoms with E-state index in [4.69, 9.17) is 4.74 Å². The summed E-state index contributed by atoms with van der Waals surface area (Å²) in [5, 5.41) is 0. The van der Waals surface area contributed by atoms with Gasteiger partial charge in [0.15, 0.2) is 0 Å². The lowest BCUT2D eigenvalue weighted by atomic mass is 9.98. The van der Waals surface area contributed by atoms with E-state index in [1.807, 2.05) is 24.3 Å². The van der Waals surface area contributed by atoms with Crippen molar-refractivity contribution in [1.29, 1.82) is 0 Å². The maximum absolute atomic E-state index is 12.1. The number of rotatable bonds is 4. The molecule has 2 aromatic carbocycles. The highest BCUT2D eigenvalue weighted by Crippen LogP contribution is 2.44. The second-order valence-electron chi connectivity index (χ2n) is 5.74. The van der Waals surface area contributed by atoms with Crippen molar-refractivity contribution in [1.82, 2.24) is 4.90 Å². The molecule has 0 spiro atoms. The van der Waals surface area contributed by atoms with E-state index in [9.17, 15) is 9.59 Å². The average molecular weight is 325 g/mol. The third kappa shape index (κ3) is 2.97. The second kappa shape index (κ2) is 6.74. The topological polar surface area (TPSA) is 55.8 Å². The molecule has 0 bridgehead atoms. The summed E-state index contributed by atoms with van der Waals surface area (Å²) in [5.74, 6) is -0.473. The molecule has 24 heavy (non-hydrogen) atoms. The Balaban J connectivity index is 1.74. The fraction of sp³-hybridized carbons (Fsp3) is 0.263. The van der Waals surface area contributed by atoms with Gasteiger partial charge in [-0.1, -0.05) is 48.5 Å². The van der Waals surface area contributed by atoms with Crippen LogP contribution in [-0.2, 0) is 14.3 Å². The van der Waals surface area contributed by atoms with Gasteiger partial charge in [0.05, 0.1) is 7.11 Å². The molecule has 1 amide bonds. The van der Waals surface area contributed by atoms with Crippen LogP contribution in [0.1, 0.15) is 17.0 Å². The smallest absolute Gasteiger partial charge is 0.410 e. The van der Waals surface area contributed by atoms with Crippen molar-refractivity contribution in [2.45, 2.75) is 5.92 Å². The summed E-state index contributed by atoms with van der Waals surface area (Å²) in [6, 6.07) is 16.3. The molecule has 0 aromatic heterocycles. The minimum absolute atomic E-state index is 0.00729. The van der Waals surface area contributed by atoms with Crippen molar-refractivity contribution in [2.24, 2.45) is 0 Å². The Morgan fingerprint density at radius 3 is 2.08 bits per heavy atom. The van der Waals surface area contributed by atoms with Crippen molar-refractivity contribution in [3.63, 3.8) is 0 Å². The molecule has 124 valence electrons. The van der Waals surface area contributed by atoms with Crippen molar-refractivity contribution in [3.05, 3.63) is 59.7 Å². The normalized spacial score (nSPS) is 12.2. The second-order valence-corrected chi connectivity index (χ2v) is 5.74. The molecule has 0 atom stereocenters. The standard InChI is InChI=1S/C19H19NO4/c1-20(11-18(21)23-2)19(22)24-12-17-15-9-5-3-7-13(15)14-8-4-6-10-16(14)17/h3-10,17H,11-12H2,1-2H3. The number of likely N-dealkylation sites (N-methyl/N-ethyl adjacent to an activating group) is 1. The first kappa shape index (κ1) is 16.1. The van der Waals surface area contributed by atoms with Crippen LogP contribution in [0.4, 0.5) is 4.79 Å². The number of hydrogen-bond acceptors (Lipinski definition) is 4. The third-order valence-electron chi connectivity index (χ3n) is 4.24. The number of ether oxygens (including phenoxy) is 2. The number of esters is 1. The van der Waals surface area contributed by atoms with Crippen LogP contribution >= 0.6 is 0 Å². The number of nitrogens with zero attached hydrogens (tertiary/aromatic N) is 1. The Morgan fingerprint density at radius 1 is 1.00 bits per heavy atom. The Morgan fingerprint density at radius 2 is 1.54 bits per heavy atom. The molecule has 0 radical (unpaired) electrons. The van der Waals surface area contributed by atoms with Gasteiger partial charge in [0.1, 0.15) is 13.2 Å². The van der Waals surface area contributed by atoms with Gasteiger partial charge in [-0.3, -0.25) is 4.79 Å². The first-order valence-corrected chi connectivity index (χ1v) is 7.74. The summed E-state index contributed by atoms with van der Waals surface area (Å²) >= 11 is 0. The van der Waals surface area contributed by atoms with E-state index in [2.05, 4.69) is 29.0 Å². The number of methoxy groups -OCH3 is 1. The van der Waals surface area contributed by atoms with Crippen LogP contribution in [0.15, 0.2) is 48.5 Å². The lowest BCUT2D eigenvalue weighted by Gasteiger charge is -2.18. The molecule has 5 heteroatoms. The molecule has 5 nitrogen and oxygen atoms in total. The minimum atomic E-state index is -0.540. The predicted molar refractivity (Wildman–Crippen MR) is 89.7 cm³/mol. The maximum atomic E-state index is 12.1. The van der Waals surface area contributed by atoms with Crippen LogP contribution in [0, 0.1) is 0 Å². The van der Waals surface area contributed by atoms with E-state index in [0.717, 1.165) is 11.1 Å². The number of amides is 1. The van der Waals surface area contributed by atoms with E-state index in [-0.39, 0.29) is 19.1 Å². The number of hydrogen-bond donors (Lipinski definition) is 0. The van der Waals surface area contributed by atoms with Crippen molar-refractivity contribution in [2.75, 3.05) is 27.3 Å². The molecule has 0 aliphatic heterocycles.